The topological polar surface area (TPSA) is 104 Å². The predicted octanol–water partition coefficient (Wildman–Crippen LogP) is 1.33. The van der Waals surface area contributed by atoms with Crippen molar-refractivity contribution in [3.05, 3.63) is 36.2 Å². The summed E-state index contributed by atoms with van der Waals surface area (Å²) in [6, 6.07) is 9.64. The monoisotopic (exact) mass is 365 g/mol. The fourth-order valence-electron chi connectivity index (χ4n) is 3.56. The van der Waals surface area contributed by atoms with Crippen LogP contribution in [0.1, 0.15) is 24.8 Å². The van der Waals surface area contributed by atoms with Gasteiger partial charge in [-0.05, 0) is 24.6 Å². The summed E-state index contributed by atoms with van der Waals surface area (Å²) in [6.45, 7) is 3.33. The number of ether oxygens (including phenoxy) is 1. The van der Waals surface area contributed by atoms with Crippen molar-refractivity contribution in [2.45, 2.75) is 31.4 Å². The number of piperidine rings is 1. The summed E-state index contributed by atoms with van der Waals surface area (Å²) in [7, 11) is 0. The highest BCUT2D eigenvalue weighted by atomic mass is 16.5. The van der Waals surface area contributed by atoms with Crippen LogP contribution in [0, 0.1) is 11.3 Å². The van der Waals surface area contributed by atoms with E-state index in [9.17, 15) is 0 Å². The third-order valence-electron chi connectivity index (χ3n) is 5.04. The largest absolute Gasteiger partial charge is 0.490 e. The Morgan fingerprint density at radius 1 is 1.07 bits per heavy atom. The summed E-state index contributed by atoms with van der Waals surface area (Å²) in [5, 5.41) is 9.00. The Balaban J connectivity index is 1.36. The van der Waals surface area contributed by atoms with Gasteiger partial charge in [0.25, 0.3) is 0 Å². The van der Waals surface area contributed by atoms with E-state index in [-0.39, 0.29) is 12.1 Å². The highest BCUT2D eigenvalue weighted by Crippen LogP contribution is 2.23. The molecule has 1 unspecified atom stereocenters. The molecule has 8 nitrogen and oxygen atoms in total. The maximum Gasteiger partial charge on any atom is 0.230 e. The Bertz CT molecular complexity index is 829. The first-order valence-corrected chi connectivity index (χ1v) is 9.32. The van der Waals surface area contributed by atoms with E-state index >= 15 is 0 Å². The van der Waals surface area contributed by atoms with Crippen LogP contribution in [0.4, 0.5) is 11.9 Å². The van der Waals surface area contributed by atoms with Crippen molar-refractivity contribution in [2.24, 2.45) is 5.73 Å². The molecule has 2 fully saturated rings. The van der Waals surface area contributed by atoms with Crippen LogP contribution in [0.5, 0.6) is 5.75 Å². The zero-order valence-electron chi connectivity index (χ0n) is 15.2. The average Bonchev–Trinajstić information content (AvgIpc) is 3.15. The van der Waals surface area contributed by atoms with Crippen LogP contribution in [-0.4, -0.2) is 53.3 Å². The van der Waals surface area contributed by atoms with E-state index in [1.807, 2.05) is 12.1 Å². The first-order chi connectivity index (χ1) is 13.2. The number of hydrogen-bond acceptors (Lipinski definition) is 8. The third-order valence-corrected chi connectivity index (χ3v) is 5.04. The number of benzene rings is 1. The Labute approximate surface area is 158 Å². The summed E-state index contributed by atoms with van der Waals surface area (Å²) in [6.07, 6.45) is 4.44. The summed E-state index contributed by atoms with van der Waals surface area (Å²) in [5.41, 5.74) is 6.60. The van der Waals surface area contributed by atoms with E-state index in [1.165, 1.54) is 0 Å². The molecule has 2 saturated heterocycles. The molecule has 0 aliphatic carbocycles. The van der Waals surface area contributed by atoms with Gasteiger partial charge in [-0.15, -0.1) is 0 Å². The van der Waals surface area contributed by atoms with Gasteiger partial charge in [-0.2, -0.15) is 10.2 Å². The van der Waals surface area contributed by atoms with Gasteiger partial charge in [0.05, 0.1) is 11.6 Å². The van der Waals surface area contributed by atoms with Crippen molar-refractivity contribution >= 4 is 11.9 Å². The smallest absolute Gasteiger partial charge is 0.230 e. The van der Waals surface area contributed by atoms with Gasteiger partial charge in [0, 0.05) is 45.1 Å². The zero-order chi connectivity index (χ0) is 18.6. The number of nitrogens with two attached hydrogens (primary N) is 1. The minimum atomic E-state index is 0.132. The number of nitrogens with zero attached hydrogens (tertiary/aromatic N) is 6. The first-order valence-electron chi connectivity index (χ1n) is 9.32. The van der Waals surface area contributed by atoms with Gasteiger partial charge in [0.1, 0.15) is 18.2 Å². The summed E-state index contributed by atoms with van der Waals surface area (Å²) in [4.78, 5) is 17.6. The Morgan fingerprint density at radius 3 is 2.52 bits per heavy atom. The van der Waals surface area contributed by atoms with Crippen LogP contribution in [0.25, 0.3) is 0 Å². The summed E-state index contributed by atoms with van der Waals surface area (Å²) >= 11 is 0. The lowest BCUT2D eigenvalue weighted by Gasteiger charge is -2.32. The van der Waals surface area contributed by atoms with Gasteiger partial charge in [-0.3, -0.25) is 0 Å². The van der Waals surface area contributed by atoms with Crippen molar-refractivity contribution in [1.82, 2.24) is 15.0 Å². The number of aromatic nitrogens is 3. The lowest BCUT2D eigenvalue weighted by molar-refractivity contribution is 0.170. The molecule has 140 valence electrons. The highest BCUT2D eigenvalue weighted by Gasteiger charge is 2.25. The molecule has 2 aliphatic heterocycles. The molecular weight excluding hydrogens is 342 g/mol. The minimum absolute atomic E-state index is 0.132. The fraction of sp³-hybridized carbons (Fsp3) is 0.474. The number of hydrogen-bond donors (Lipinski definition) is 1. The van der Waals surface area contributed by atoms with E-state index in [0.717, 1.165) is 51.2 Å². The molecule has 0 spiro atoms. The molecule has 3 heterocycles. The lowest BCUT2D eigenvalue weighted by Crippen LogP contribution is -2.39. The molecule has 0 saturated carbocycles. The van der Waals surface area contributed by atoms with Crippen LogP contribution in [0.15, 0.2) is 30.6 Å². The molecular formula is C19H23N7O. The van der Waals surface area contributed by atoms with E-state index in [1.54, 1.807) is 18.5 Å². The molecule has 0 bridgehead atoms. The molecule has 27 heavy (non-hydrogen) atoms. The van der Waals surface area contributed by atoms with Crippen LogP contribution < -0.4 is 20.3 Å². The van der Waals surface area contributed by atoms with E-state index < -0.39 is 0 Å². The van der Waals surface area contributed by atoms with E-state index in [2.05, 4.69) is 30.8 Å². The van der Waals surface area contributed by atoms with E-state index in [4.69, 9.17) is 15.7 Å². The SMILES string of the molecule is N#Cc1cccc(OC2CCN(c3ncnc(N4CCC(N)C4)n3)CC2)c1. The summed E-state index contributed by atoms with van der Waals surface area (Å²) < 4.78 is 6.05. The van der Waals surface area contributed by atoms with Crippen molar-refractivity contribution in [1.29, 1.82) is 5.26 Å². The highest BCUT2D eigenvalue weighted by molar-refractivity contribution is 5.40. The van der Waals surface area contributed by atoms with Crippen molar-refractivity contribution < 1.29 is 4.74 Å². The Morgan fingerprint density at radius 2 is 1.81 bits per heavy atom. The molecule has 1 aromatic heterocycles. The van der Waals surface area contributed by atoms with Crippen LogP contribution in [-0.2, 0) is 0 Å². The maximum absolute atomic E-state index is 9.00. The average molecular weight is 365 g/mol. The second kappa shape index (κ2) is 7.76. The zero-order valence-corrected chi connectivity index (χ0v) is 15.2. The molecule has 8 heteroatoms. The molecule has 4 rings (SSSR count). The number of anilines is 2. The number of rotatable bonds is 4. The molecule has 0 radical (unpaired) electrons. The standard InChI is InChI=1S/C19H23N7O/c20-11-14-2-1-3-17(10-14)27-16-5-8-25(9-6-16)18-22-13-23-19(24-18)26-7-4-15(21)12-26/h1-3,10,13,15-16H,4-9,12,21H2. The number of nitriles is 1. The molecule has 2 aromatic rings. The Kier molecular flexibility index (Phi) is 5.03. The van der Waals surface area contributed by atoms with Gasteiger partial charge in [0.2, 0.25) is 11.9 Å². The molecule has 1 atom stereocenters. The van der Waals surface area contributed by atoms with Crippen molar-refractivity contribution in [2.75, 3.05) is 36.0 Å². The second-order valence-electron chi connectivity index (χ2n) is 7.02. The van der Waals surface area contributed by atoms with Crippen LogP contribution >= 0.6 is 0 Å². The molecule has 0 amide bonds. The first kappa shape index (κ1) is 17.5. The molecule has 2 N–H and O–H groups in total. The maximum atomic E-state index is 9.00. The predicted molar refractivity (Wildman–Crippen MR) is 102 cm³/mol. The van der Waals surface area contributed by atoms with Crippen LogP contribution in [0.2, 0.25) is 0 Å². The molecule has 1 aromatic carbocycles. The minimum Gasteiger partial charge on any atom is -0.490 e. The van der Waals surface area contributed by atoms with Crippen molar-refractivity contribution in [3.8, 4) is 11.8 Å². The fourth-order valence-corrected chi connectivity index (χ4v) is 3.56. The van der Waals surface area contributed by atoms with Gasteiger partial charge < -0.3 is 20.3 Å². The van der Waals surface area contributed by atoms with Gasteiger partial charge in [-0.1, -0.05) is 6.07 Å². The third kappa shape index (κ3) is 4.09. The van der Waals surface area contributed by atoms with Gasteiger partial charge >= 0.3 is 0 Å². The van der Waals surface area contributed by atoms with Gasteiger partial charge in [0.15, 0.2) is 0 Å². The quantitative estimate of drug-likeness (QED) is 0.865. The lowest BCUT2D eigenvalue weighted by atomic mass is 10.1. The second-order valence-corrected chi connectivity index (χ2v) is 7.02. The molecule has 2 aliphatic rings. The van der Waals surface area contributed by atoms with Crippen LogP contribution in [0.3, 0.4) is 0 Å². The summed E-state index contributed by atoms with van der Waals surface area (Å²) in [5.74, 6) is 2.17. The van der Waals surface area contributed by atoms with Crippen molar-refractivity contribution in [3.63, 3.8) is 0 Å². The van der Waals surface area contributed by atoms with E-state index in [0.29, 0.717) is 17.5 Å². The normalized spacial score (nSPS) is 20.5. The Hall–Kier alpha value is -2.92. The van der Waals surface area contributed by atoms with Gasteiger partial charge in [-0.25, -0.2) is 9.97 Å².